The number of ether oxygens (including phenoxy) is 1. The van der Waals surface area contributed by atoms with Crippen molar-refractivity contribution < 1.29 is 14.3 Å². The summed E-state index contributed by atoms with van der Waals surface area (Å²) in [7, 11) is 1.50. The molecule has 0 saturated carbocycles. The normalized spacial score (nSPS) is 17.2. The number of nitrogens with zero attached hydrogens (tertiary/aromatic N) is 2. The van der Waals surface area contributed by atoms with Crippen LogP contribution in [0.4, 0.5) is 0 Å². The first-order valence-electron chi connectivity index (χ1n) is 9.23. The van der Waals surface area contributed by atoms with E-state index in [1.165, 1.54) is 20.0 Å². The monoisotopic (exact) mass is 347 g/mol. The van der Waals surface area contributed by atoms with Crippen molar-refractivity contribution in [3.05, 3.63) is 23.9 Å². The molecule has 1 aromatic heterocycles. The van der Waals surface area contributed by atoms with Crippen molar-refractivity contribution in [1.29, 1.82) is 0 Å². The maximum absolute atomic E-state index is 12.8. The molecule has 1 aliphatic rings. The minimum Gasteiger partial charge on any atom is -0.480 e. The Bertz CT molecular complexity index is 577. The number of methoxy groups -OCH3 is 1. The Hall–Kier alpha value is -2.11. The highest BCUT2D eigenvalue weighted by Crippen LogP contribution is 2.22. The maximum atomic E-state index is 12.8. The molecule has 0 aliphatic carbocycles. The van der Waals surface area contributed by atoms with Crippen molar-refractivity contribution in [1.82, 2.24) is 15.2 Å². The first-order chi connectivity index (χ1) is 12.2. The standard InChI is InChI=1S/C19H29N3O3/c1-3-4-5-6-11-20-17(23)15-9-8-13-22(14-15)19(24)16-10-7-12-21-18(16)25-2/h7,10,12,15H,3-6,8-9,11,13-14H2,1-2H3,(H,20,23). The van der Waals surface area contributed by atoms with Gasteiger partial charge in [0.1, 0.15) is 5.56 Å². The molecule has 6 nitrogen and oxygen atoms in total. The van der Waals surface area contributed by atoms with Crippen molar-refractivity contribution >= 4 is 11.8 Å². The molecule has 0 spiro atoms. The molecule has 25 heavy (non-hydrogen) atoms. The summed E-state index contributed by atoms with van der Waals surface area (Å²) >= 11 is 0. The largest absolute Gasteiger partial charge is 0.480 e. The molecule has 2 rings (SSSR count). The fraction of sp³-hybridized carbons (Fsp3) is 0.632. The van der Waals surface area contributed by atoms with E-state index in [1.807, 2.05) is 0 Å². The summed E-state index contributed by atoms with van der Waals surface area (Å²) < 4.78 is 5.18. The number of piperidine rings is 1. The van der Waals surface area contributed by atoms with E-state index in [2.05, 4.69) is 17.2 Å². The zero-order valence-electron chi connectivity index (χ0n) is 15.3. The van der Waals surface area contributed by atoms with Crippen LogP contribution in [0, 0.1) is 5.92 Å². The second-order valence-electron chi connectivity index (χ2n) is 6.50. The summed E-state index contributed by atoms with van der Waals surface area (Å²) in [6, 6.07) is 3.44. The van der Waals surface area contributed by atoms with Crippen molar-refractivity contribution in [2.75, 3.05) is 26.7 Å². The van der Waals surface area contributed by atoms with Crippen LogP contribution in [0.15, 0.2) is 18.3 Å². The Labute approximate surface area is 150 Å². The van der Waals surface area contributed by atoms with E-state index in [0.717, 1.165) is 32.2 Å². The Kier molecular flexibility index (Phi) is 7.70. The molecule has 1 aliphatic heterocycles. The van der Waals surface area contributed by atoms with Gasteiger partial charge in [-0.25, -0.2) is 4.98 Å². The Morgan fingerprint density at radius 3 is 2.96 bits per heavy atom. The van der Waals surface area contributed by atoms with Gasteiger partial charge in [-0.1, -0.05) is 26.2 Å². The SMILES string of the molecule is CCCCCCNC(=O)C1CCCN(C(=O)c2cccnc2OC)C1. The minimum atomic E-state index is -0.133. The number of carbonyl (C=O) groups excluding carboxylic acids is 2. The molecule has 0 bridgehead atoms. The number of aromatic nitrogens is 1. The topological polar surface area (TPSA) is 71.5 Å². The zero-order valence-corrected chi connectivity index (χ0v) is 15.3. The second kappa shape index (κ2) is 10.0. The molecule has 138 valence electrons. The lowest BCUT2D eigenvalue weighted by Crippen LogP contribution is -2.45. The molecule has 0 aromatic carbocycles. The fourth-order valence-electron chi connectivity index (χ4n) is 3.17. The van der Waals surface area contributed by atoms with Crippen LogP contribution < -0.4 is 10.1 Å². The highest BCUT2D eigenvalue weighted by molar-refractivity contribution is 5.96. The van der Waals surface area contributed by atoms with Crippen LogP contribution in [0.3, 0.4) is 0 Å². The maximum Gasteiger partial charge on any atom is 0.259 e. The molecule has 2 amide bonds. The Morgan fingerprint density at radius 2 is 2.20 bits per heavy atom. The van der Waals surface area contributed by atoms with Crippen molar-refractivity contribution in [3.8, 4) is 5.88 Å². The van der Waals surface area contributed by atoms with E-state index in [9.17, 15) is 9.59 Å². The molecule has 6 heteroatoms. The van der Waals surface area contributed by atoms with E-state index in [-0.39, 0.29) is 17.7 Å². The van der Waals surface area contributed by atoms with Gasteiger partial charge in [-0.15, -0.1) is 0 Å². The molecule has 1 saturated heterocycles. The van der Waals surface area contributed by atoms with Crippen LogP contribution in [-0.2, 0) is 4.79 Å². The molecule has 2 heterocycles. The van der Waals surface area contributed by atoms with Crippen molar-refractivity contribution in [2.45, 2.75) is 45.4 Å². The number of likely N-dealkylation sites (tertiary alicyclic amines) is 1. The van der Waals surface area contributed by atoms with E-state index < -0.39 is 0 Å². The fourth-order valence-corrected chi connectivity index (χ4v) is 3.17. The van der Waals surface area contributed by atoms with Crippen molar-refractivity contribution in [3.63, 3.8) is 0 Å². The average molecular weight is 347 g/mol. The first-order valence-corrected chi connectivity index (χ1v) is 9.23. The number of unbranched alkanes of at least 4 members (excludes halogenated alkanes) is 3. The molecule has 0 radical (unpaired) electrons. The highest BCUT2D eigenvalue weighted by Gasteiger charge is 2.30. The van der Waals surface area contributed by atoms with E-state index >= 15 is 0 Å². The number of rotatable bonds is 8. The van der Waals surface area contributed by atoms with Gasteiger partial charge in [0.15, 0.2) is 0 Å². The van der Waals surface area contributed by atoms with E-state index in [4.69, 9.17) is 4.74 Å². The molecule has 1 atom stereocenters. The van der Waals surface area contributed by atoms with Crippen molar-refractivity contribution in [2.24, 2.45) is 5.92 Å². The second-order valence-corrected chi connectivity index (χ2v) is 6.50. The number of pyridine rings is 1. The molecule has 1 unspecified atom stereocenters. The number of nitrogens with one attached hydrogen (secondary N) is 1. The third-order valence-electron chi connectivity index (χ3n) is 4.60. The van der Waals surface area contributed by atoms with Gasteiger partial charge < -0.3 is 15.0 Å². The van der Waals surface area contributed by atoms with Gasteiger partial charge in [-0.05, 0) is 31.4 Å². The lowest BCUT2D eigenvalue weighted by molar-refractivity contribution is -0.126. The molecular formula is C19H29N3O3. The number of amides is 2. The summed E-state index contributed by atoms with van der Waals surface area (Å²) in [5, 5.41) is 3.02. The molecular weight excluding hydrogens is 318 g/mol. The minimum absolute atomic E-state index is 0.0622. The summed E-state index contributed by atoms with van der Waals surface area (Å²) in [5.74, 6) is 0.138. The summed E-state index contributed by atoms with van der Waals surface area (Å²) in [4.78, 5) is 31.0. The number of hydrogen-bond donors (Lipinski definition) is 1. The Balaban J connectivity index is 1.89. The quantitative estimate of drug-likeness (QED) is 0.734. The molecule has 1 N–H and O–H groups in total. The Morgan fingerprint density at radius 1 is 1.36 bits per heavy atom. The predicted molar refractivity (Wildman–Crippen MR) is 96.6 cm³/mol. The summed E-state index contributed by atoms with van der Waals surface area (Å²) in [6.45, 7) is 4.01. The van der Waals surface area contributed by atoms with Crippen LogP contribution in [0.1, 0.15) is 55.8 Å². The van der Waals surface area contributed by atoms with Crippen LogP contribution in [0.5, 0.6) is 5.88 Å². The molecule has 1 fully saturated rings. The third-order valence-corrected chi connectivity index (χ3v) is 4.60. The summed E-state index contributed by atoms with van der Waals surface area (Å²) in [6.07, 6.45) is 7.81. The van der Waals surface area contributed by atoms with Gasteiger partial charge in [0.05, 0.1) is 13.0 Å². The predicted octanol–water partition coefficient (Wildman–Crippen LogP) is 2.64. The van der Waals surface area contributed by atoms with Gasteiger partial charge >= 0.3 is 0 Å². The number of hydrogen-bond acceptors (Lipinski definition) is 4. The smallest absolute Gasteiger partial charge is 0.259 e. The van der Waals surface area contributed by atoms with Gasteiger partial charge in [0, 0.05) is 25.8 Å². The lowest BCUT2D eigenvalue weighted by atomic mass is 9.96. The highest BCUT2D eigenvalue weighted by atomic mass is 16.5. The lowest BCUT2D eigenvalue weighted by Gasteiger charge is -2.32. The zero-order chi connectivity index (χ0) is 18.1. The van der Waals surface area contributed by atoms with E-state index in [1.54, 1.807) is 23.2 Å². The first kappa shape index (κ1) is 19.2. The number of carbonyl (C=O) groups is 2. The van der Waals surface area contributed by atoms with Crippen LogP contribution in [-0.4, -0.2) is 48.4 Å². The van der Waals surface area contributed by atoms with Crippen LogP contribution in [0.25, 0.3) is 0 Å². The van der Waals surface area contributed by atoms with Crippen LogP contribution in [0.2, 0.25) is 0 Å². The van der Waals surface area contributed by atoms with Gasteiger partial charge in [-0.3, -0.25) is 9.59 Å². The third kappa shape index (κ3) is 5.44. The average Bonchev–Trinajstić information content (AvgIpc) is 2.67. The van der Waals surface area contributed by atoms with Gasteiger partial charge in [0.25, 0.3) is 5.91 Å². The van der Waals surface area contributed by atoms with Gasteiger partial charge in [-0.2, -0.15) is 0 Å². The van der Waals surface area contributed by atoms with Gasteiger partial charge in [0.2, 0.25) is 11.8 Å². The summed E-state index contributed by atoms with van der Waals surface area (Å²) in [5.41, 5.74) is 0.450. The molecule has 1 aromatic rings. The van der Waals surface area contributed by atoms with Crippen LogP contribution >= 0.6 is 0 Å². The van der Waals surface area contributed by atoms with E-state index in [0.29, 0.717) is 24.5 Å².